The lowest BCUT2D eigenvalue weighted by Crippen LogP contribution is -2.59. The average Bonchev–Trinajstić information content (AvgIpc) is 2.73. The van der Waals surface area contributed by atoms with Gasteiger partial charge in [0.2, 0.25) is 0 Å². The third kappa shape index (κ3) is 2.35. The van der Waals surface area contributed by atoms with E-state index in [1.54, 1.807) is 17.0 Å². The van der Waals surface area contributed by atoms with Crippen LogP contribution in [0, 0.1) is 6.92 Å². The summed E-state index contributed by atoms with van der Waals surface area (Å²) in [7, 11) is 0. The Morgan fingerprint density at radius 2 is 2.19 bits per heavy atom. The molecule has 2 saturated heterocycles. The fraction of sp³-hybridized carbons (Fsp3) is 0.429. The number of nitrogens with zero attached hydrogens (tertiary/aromatic N) is 2. The van der Waals surface area contributed by atoms with E-state index in [2.05, 4.69) is 15.6 Å². The summed E-state index contributed by atoms with van der Waals surface area (Å²) in [5, 5.41) is 4.90. The Hall–Kier alpha value is -2.44. The van der Waals surface area contributed by atoms with Crippen LogP contribution in [-0.4, -0.2) is 46.4 Å². The van der Waals surface area contributed by atoms with Crippen LogP contribution in [0.2, 0.25) is 0 Å². The van der Waals surface area contributed by atoms with Gasteiger partial charge >= 0.3 is 6.03 Å². The smallest absolute Gasteiger partial charge is 0.322 e. The van der Waals surface area contributed by atoms with Gasteiger partial charge in [-0.1, -0.05) is 0 Å². The predicted molar refractivity (Wildman–Crippen MR) is 73.5 cm³/mol. The molecule has 1 aromatic rings. The average molecular weight is 288 g/mol. The molecule has 7 heteroatoms. The fourth-order valence-electron chi connectivity index (χ4n) is 2.82. The molecule has 0 radical (unpaired) electrons. The quantitative estimate of drug-likeness (QED) is 0.722. The molecule has 21 heavy (non-hydrogen) atoms. The van der Waals surface area contributed by atoms with Gasteiger partial charge in [-0.2, -0.15) is 0 Å². The molecule has 3 heterocycles. The predicted octanol–water partition coefficient (Wildman–Crippen LogP) is 0.204. The molecule has 7 nitrogen and oxygen atoms in total. The Kier molecular flexibility index (Phi) is 3.12. The van der Waals surface area contributed by atoms with Crippen molar-refractivity contribution in [2.75, 3.05) is 13.1 Å². The summed E-state index contributed by atoms with van der Waals surface area (Å²) < 4.78 is 0. The SMILES string of the molecule is Cc1ccc(C(=O)N2CCCC3(C2)NC(=O)NC3=O)cn1. The first-order valence-corrected chi connectivity index (χ1v) is 6.86. The van der Waals surface area contributed by atoms with E-state index in [-0.39, 0.29) is 18.4 Å². The highest BCUT2D eigenvalue weighted by Gasteiger charge is 2.49. The van der Waals surface area contributed by atoms with Gasteiger partial charge in [0.15, 0.2) is 0 Å². The minimum atomic E-state index is -0.983. The second kappa shape index (κ2) is 4.83. The minimum absolute atomic E-state index is 0.171. The molecule has 1 atom stereocenters. The zero-order chi connectivity index (χ0) is 15.0. The summed E-state index contributed by atoms with van der Waals surface area (Å²) in [4.78, 5) is 41.5. The Balaban J connectivity index is 1.80. The van der Waals surface area contributed by atoms with E-state index in [0.717, 1.165) is 5.69 Å². The summed E-state index contributed by atoms with van der Waals surface area (Å²) >= 11 is 0. The number of piperidine rings is 1. The van der Waals surface area contributed by atoms with Crippen molar-refractivity contribution in [2.45, 2.75) is 25.3 Å². The number of pyridine rings is 1. The molecule has 3 rings (SSSR count). The van der Waals surface area contributed by atoms with Crippen LogP contribution in [0.25, 0.3) is 0 Å². The van der Waals surface area contributed by atoms with Gasteiger partial charge in [-0.05, 0) is 31.9 Å². The van der Waals surface area contributed by atoms with Crippen LogP contribution in [0.15, 0.2) is 18.3 Å². The van der Waals surface area contributed by atoms with Crippen LogP contribution in [-0.2, 0) is 4.79 Å². The number of amides is 4. The normalized spacial score (nSPS) is 24.9. The Morgan fingerprint density at radius 3 is 2.81 bits per heavy atom. The molecule has 0 saturated carbocycles. The lowest BCUT2D eigenvalue weighted by Gasteiger charge is -2.38. The molecular formula is C14H16N4O3. The number of rotatable bonds is 1. The van der Waals surface area contributed by atoms with Gasteiger partial charge in [-0.25, -0.2) is 4.79 Å². The van der Waals surface area contributed by atoms with Crippen LogP contribution < -0.4 is 10.6 Å². The van der Waals surface area contributed by atoms with Crippen LogP contribution in [0.4, 0.5) is 4.79 Å². The highest BCUT2D eigenvalue weighted by molar-refractivity contribution is 6.07. The molecule has 0 aliphatic carbocycles. The Labute approximate surface area is 121 Å². The maximum absolute atomic E-state index is 12.5. The summed E-state index contributed by atoms with van der Waals surface area (Å²) in [6.45, 7) is 2.61. The van der Waals surface area contributed by atoms with Gasteiger partial charge in [0.1, 0.15) is 5.54 Å². The first-order valence-electron chi connectivity index (χ1n) is 6.86. The number of aromatic nitrogens is 1. The zero-order valence-corrected chi connectivity index (χ0v) is 11.7. The summed E-state index contributed by atoms with van der Waals surface area (Å²) in [5.74, 6) is -0.525. The van der Waals surface area contributed by atoms with Crippen molar-refractivity contribution >= 4 is 17.8 Å². The van der Waals surface area contributed by atoms with E-state index in [9.17, 15) is 14.4 Å². The molecule has 2 aliphatic heterocycles. The lowest BCUT2D eigenvalue weighted by atomic mass is 9.89. The number of aryl methyl sites for hydroxylation is 1. The van der Waals surface area contributed by atoms with Crippen molar-refractivity contribution in [3.63, 3.8) is 0 Å². The number of hydrogen-bond donors (Lipinski definition) is 2. The Morgan fingerprint density at radius 1 is 1.38 bits per heavy atom. The van der Waals surface area contributed by atoms with Crippen molar-refractivity contribution in [2.24, 2.45) is 0 Å². The first-order chi connectivity index (χ1) is 10.00. The third-order valence-corrected chi connectivity index (χ3v) is 3.95. The maximum atomic E-state index is 12.5. The third-order valence-electron chi connectivity index (χ3n) is 3.95. The maximum Gasteiger partial charge on any atom is 0.322 e. The van der Waals surface area contributed by atoms with Gasteiger partial charge in [-0.15, -0.1) is 0 Å². The van der Waals surface area contributed by atoms with Gasteiger partial charge in [0, 0.05) is 18.4 Å². The van der Waals surface area contributed by atoms with Crippen LogP contribution in [0.3, 0.4) is 0 Å². The van der Waals surface area contributed by atoms with Crippen molar-refractivity contribution in [3.8, 4) is 0 Å². The second-order valence-corrected chi connectivity index (χ2v) is 5.51. The number of carbonyl (C=O) groups is 3. The van der Waals surface area contributed by atoms with E-state index in [4.69, 9.17) is 0 Å². The molecule has 1 unspecified atom stereocenters. The van der Waals surface area contributed by atoms with E-state index >= 15 is 0 Å². The number of nitrogens with one attached hydrogen (secondary N) is 2. The number of urea groups is 1. The highest BCUT2D eigenvalue weighted by Crippen LogP contribution is 2.25. The van der Waals surface area contributed by atoms with Crippen LogP contribution in [0.5, 0.6) is 0 Å². The molecule has 2 fully saturated rings. The van der Waals surface area contributed by atoms with Crippen molar-refractivity contribution < 1.29 is 14.4 Å². The molecule has 1 spiro atoms. The molecule has 0 bridgehead atoms. The number of likely N-dealkylation sites (tertiary alicyclic amines) is 1. The van der Waals surface area contributed by atoms with Gasteiger partial charge in [0.05, 0.1) is 12.1 Å². The number of imide groups is 1. The molecule has 4 amide bonds. The fourth-order valence-corrected chi connectivity index (χ4v) is 2.82. The Bertz CT molecular complexity index is 613. The van der Waals surface area contributed by atoms with Crippen molar-refractivity contribution in [1.29, 1.82) is 0 Å². The first kappa shape index (κ1) is 13.5. The molecule has 2 aliphatic rings. The molecule has 1 aromatic heterocycles. The van der Waals surface area contributed by atoms with Gasteiger partial charge < -0.3 is 10.2 Å². The largest absolute Gasteiger partial charge is 0.336 e. The summed E-state index contributed by atoms with van der Waals surface area (Å²) in [5.41, 5.74) is 0.342. The minimum Gasteiger partial charge on any atom is -0.336 e. The van der Waals surface area contributed by atoms with Crippen molar-refractivity contribution in [1.82, 2.24) is 20.5 Å². The highest BCUT2D eigenvalue weighted by atomic mass is 16.2. The number of carbonyl (C=O) groups excluding carboxylic acids is 3. The van der Waals surface area contributed by atoms with Gasteiger partial charge in [0.25, 0.3) is 11.8 Å². The van der Waals surface area contributed by atoms with E-state index in [1.165, 1.54) is 6.20 Å². The van der Waals surface area contributed by atoms with Crippen molar-refractivity contribution in [3.05, 3.63) is 29.6 Å². The summed E-state index contributed by atoms with van der Waals surface area (Å²) in [6.07, 6.45) is 2.74. The zero-order valence-electron chi connectivity index (χ0n) is 11.7. The molecule has 2 N–H and O–H groups in total. The molecule has 110 valence electrons. The standard InChI is InChI=1S/C14H16N4O3/c1-9-3-4-10(7-15-9)11(19)18-6-2-5-14(8-18)12(20)16-13(21)17-14/h3-4,7H,2,5-6,8H2,1H3,(H2,16,17,20,21). The molecule has 0 aromatic carbocycles. The summed E-state index contributed by atoms with van der Waals surface area (Å²) in [6, 6.07) is 3.00. The molecular weight excluding hydrogens is 272 g/mol. The van der Waals surface area contributed by atoms with E-state index < -0.39 is 11.6 Å². The lowest BCUT2D eigenvalue weighted by molar-refractivity contribution is -0.125. The van der Waals surface area contributed by atoms with Crippen LogP contribution in [0.1, 0.15) is 28.9 Å². The topological polar surface area (TPSA) is 91.4 Å². The monoisotopic (exact) mass is 288 g/mol. The van der Waals surface area contributed by atoms with Crippen LogP contribution >= 0.6 is 0 Å². The van der Waals surface area contributed by atoms with E-state index in [0.29, 0.717) is 24.9 Å². The van der Waals surface area contributed by atoms with Gasteiger partial charge in [-0.3, -0.25) is 19.9 Å². The number of hydrogen-bond acceptors (Lipinski definition) is 4. The second-order valence-electron chi connectivity index (χ2n) is 5.51. The van der Waals surface area contributed by atoms with E-state index in [1.807, 2.05) is 6.92 Å².